The Hall–Kier alpha value is -4.67. The van der Waals surface area contributed by atoms with Crippen molar-refractivity contribution >= 4 is 0 Å². The Balaban J connectivity index is 1.71. The molecule has 1 aromatic carbocycles. The zero-order valence-electron chi connectivity index (χ0n) is 22.6. The van der Waals surface area contributed by atoms with Crippen molar-refractivity contribution in [1.82, 2.24) is 25.2 Å². The zero-order valence-corrected chi connectivity index (χ0v) is 22.6. The highest BCUT2D eigenvalue weighted by atomic mass is 19.3. The number of nitriles is 1. The lowest BCUT2D eigenvalue weighted by Gasteiger charge is -2.44. The Morgan fingerprint density at radius 1 is 1.12 bits per heavy atom. The van der Waals surface area contributed by atoms with E-state index in [2.05, 4.69) is 38.9 Å². The molecule has 0 aliphatic carbocycles. The van der Waals surface area contributed by atoms with Crippen molar-refractivity contribution in [3.63, 3.8) is 0 Å². The summed E-state index contributed by atoms with van der Waals surface area (Å²) in [6, 6.07) is 11.8. The number of allylic oxidation sites excluding steroid dienone is 3. The third kappa shape index (κ3) is 7.25. The molecule has 0 spiro atoms. The fourth-order valence-electron chi connectivity index (χ4n) is 3.67. The van der Waals surface area contributed by atoms with Crippen molar-refractivity contribution in [3.8, 4) is 23.7 Å². The highest BCUT2D eigenvalue weighted by molar-refractivity contribution is 5.44. The molecular weight excluding hydrogens is 514 g/mol. The molecule has 0 saturated carbocycles. The van der Waals surface area contributed by atoms with Crippen molar-refractivity contribution < 1.29 is 18.6 Å². The Labute approximate surface area is 232 Å². The summed E-state index contributed by atoms with van der Waals surface area (Å²) in [5, 5.41) is 30.4. The number of hydrogen-bond acceptors (Lipinski definition) is 7. The normalized spacial score (nSPS) is 13.7. The molecule has 40 heavy (non-hydrogen) atoms. The van der Waals surface area contributed by atoms with Gasteiger partial charge in [-0.25, -0.2) is 4.68 Å². The minimum absolute atomic E-state index is 0.307. The second-order valence-corrected chi connectivity index (χ2v) is 9.93. The van der Waals surface area contributed by atoms with Crippen LogP contribution in [0.4, 0.5) is 8.78 Å². The highest BCUT2D eigenvalue weighted by Gasteiger charge is 2.61. The quantitative estimate of drug-likeness (QED) is 0.283. The maximum absolute atomic E-state index is 15.7. The van der Waals surface area contributed by atoms with Crippen LogP contribution < -0.4 is 4.74 Å². The second kappa shape index (κ2) is 12.9. The average Bonchev–Trinajstić information content (AvgIpc) is 3.43. The molecule has 0 fully saturated rings. The lowest BCUT2D eigenvalue weighted by Crippen LogP contribution is -2.58. The lowest BCUT2D eigenvalue weighted by molar-refractivity contribution is -0.245. The van der Waals surface area contributed by atoms with Gasteiger partial charge in [0.05, 0.1) is 19.0 Å². The van der Waals surface area contributed by atoms with E-state index in [9.17, 15) is 5.11 Å². The first-order valence-electron chi connectivity index (χ1n) is 12.4. The average molecular weight is 545 g/mol. The second-order valence-electron chi connectivity index (χ2n) is 9.93. The first-order chi connectivity index (χ1) is 19.0. The number of nitrogens with zero attached hydrogens (tertiary/aromatic N) is 6. The van der Waals surface area contributed by atoms with Gasteiger partial charge in [-0.2, -0.15) is 14.0 Å². The third-order valence-electron chi connectivity index (χ3n) is 6.11. The monoisotopic (exact) mass is 544 g/mol. The summed E-state index contributed by atoms with van der Waals surface area (Å²) >= 11 is 0. The van der Waals surface area contributed by atoms with E-state index < -0.39 is 29.2 Å². The molecular formula is C30H30F2N6O2. The molecule has 2 heterocycles. The van der Waals surface area contributed by atoms with E-state index >= 15 is 8.78 Å². The molecule has 0 radical (unpaired) electrons. The Kier molecular flexibility index (Phi) is 9.65. The van der Waals surface area contributed by atoms with E-state index in [4.69, 9.17) is 10.00 Å². The van der Waals surface area contributed by atoms with Crippen LogP contribution in [0.15, 0.2) is 85.4 Å². The van der Waals surface area contributed by atoms with Gasteiger partial charge in [-0.1, -0.05) is 63.5 Å². The molecule has 0 bridgehead atoms. The smallest absolute Gasteiger partial charge is 0.320 e. The van der Waals surface area contributed by atoms with Crippen LogP contribution in [0.1, 0.15) is 44.0 Å². The van der Waals surface area contributed by atoms with Gasteiger partial charge in [0, 0.05) is 17.3 Å². The van der Waals surface area contributed by atoms with Crippen LogP contribution in [0, 0.1) is 28.6 Å². The molecule has 206 valence electrons. The Bertz CT molecular complexity index is 1440. The van der Waals surface area contributed by atoms with E-state index in [1.807, 2.05) is 12.1 Å². The third-order valence-corrected chi connectivity index (χ3v) is 6.11. The maximum atomic E-state index is 15.7. The van der Waals surface area contributed by atoms with Crippen molar-refractivity contribution in [2.75, 3.05) is 6.61 Å². The summed E-state index contributed by atoms with van der Waals surface area (Å²) in [7, 11) is 0. The van der Waals surface area contributed by atoms with Crippen LogP contribution in [-0.2, 0) is 12.5 Å². The number of aromatic nitrogens is 5. The molecule has 0 amide bonds. The molecule has 3 rings (SSSR count). The van der Waals surface area contributed by atoms with Gasteiger partial charge in [-0.3, -0.25) is 4.98 Å². The van der Waals surface area contributed by atoms with E-state index in [0.717, 1.165) is 16.3 Å². The summed E-state index contributed by atoms with van der Waals surface area (Å²) in [4.78, 5) is 3.94. The lowest BCUT2D eigenvalue weighted by atomic mass is 9.71. The fraction of sp³-hybridized carbons (Fsp3) is 0.300. The standard InChI is InChI=1S/C30H30F2N6O2/c1-5-8-25(9-6-7-18-33)20-40-26-15-12-23(13-16-26)10-11-24-14-17-27(34-19-24)30(31,32)29(39,28(2,3)4)21-38-22-35-36-37-38/h5-6,8-9,12-17,19,22,39H,1,7,20-21H2,2-4H3/b9-6-,25-8+. The van der Waals surface area contributed by atoms with Crippen LogP contribution in [-0.4, -0.2) is 42.5 Å². The first kappa shape index (κ1) is 29.9. The predicted molar refractivity (Wildman–Crippen MR) is 146 cm³/mol. The summed E-state index contributed by atoms with van der Waals surface area (Å²) in [5.41, 5.74) is -2.36. The van der Waals surface area contributed by atoms with Crippen molar-refractivity contribution in [1.29, 1.82) is 5.26 Å². The highest BCUT2D eigenvalue weighted by Crippen LogP contribution is 2.48. The minimum Gasteiger partial charge on any atom is -0.489 e. The molecule has 0 aliphatic rings. The van der Waals surface area contributed by atoms with E-state index in [1.165, 1.54) is 39.4 Å². The Morgan fingerprint density at radius 2 is 1.82 bits per heavy atom. The molecule has 3 aromatic rings. The largest absolute Gasteiger partial charge is 0.489 e. The summed E-state index contributed by atoms with van der Waals surface area (Å²) in [6.45, 7) is 8.03. The van der Waals surface area contributed by atoms with Gasteiger partial charge in [0.1, 0.15) is 24.4 Å². The number of alkyl halides is 2. The molecule has 10 heteroatoms. The van der Waals surface area contributed by atoms with Crippen LogP contribution in [0.25, 0.3) is 0 Å². The molecule has 2 aromatic heterocycles. The summed E-state index contributed by atoms with van der Waals surface area (Å²) < 4.78 is 38.2. The summed E-state index contributed by atoms with van der Waals surface area (Å²) in [5.74, 6) is 2.81. The number of halogens is 2. The number of benzene rings is 1. The molecule has 0 saturated heterocycles. The minimum atomic E-state index is -3.72. The number of aliphatic hydroxyl groups is 1. The van der Waals surface area contributed by atoms with E-state index in [0.29, 0.717) is 29.9 Å². The van der Waals surface area contributed by atoms with Gasteiger partial charge in [0.15, 0.2) is 5.60 Å². The van der Waals surface area contributed by atoms with E-state index in [1.54, 1.807) is 42.5 Å². The van der Waals surface area contributed by atoms with Gasteiger partial charge in [0.2, 0.25) is 0 Å². The maximum Gasteiger partial charge on any atom is 0.320 e. The number of pyridine rings is 1. The first-order valence-corrected chi connectivity index (χ1v) is 12.4. The van der Waals surface area contributed by atoms with Crippen molar-refractivity contribution in [2.45, 2.75) is 45.3 Å². The number of tetrazole rings is 1. The summed E-state index contributed by atoms with van der Waals surface area (Å²) in [6.07, 6.45) is 9.76. The molecule has 1 N–H and O–H groups in total. The van der Waals surface area contributed by atoms with Crippen LogP contribution in [0.2, 0.25) is 0 Å². The molecule has 1 atom stereocenters. The number of hydrogen-bond donors (Lipinski definition) is 1. The topological polar surface area (TPSA) is 110 Å². The molecule has 8 nitrogen and oxygen atoms in total. The molecule has 0 aliphatic heterocycles. The zero-order chi connectivity index (χ0) is 29.2. The SMILES string of the molecule is C=C/C=C(\C=C/CC#N)COc1ccc(C#Cc2ccc(C(F)(F)C(O)(Cn3cnnn3)C(C)(C)C)nc2)cc1. The van der Waals surface area contributed by atoms with Crippen LogP contribution in [0.3, 0.4) is 0 Å². The Morgan fingerprint density at radius 3 is 2.40 bits per heavy atom. The van der Waals surface area contributed by atoms with Crippen LogP contribution >= 0.6 is 0 Å². The van der Waals surface area contributed by atoms with Crippen molar-refractivity contribution in [3.05, 3.63) is 102 Å². The van der Waals surface area contributed by atoms with E-state index in [-0.39, 0.29) is 0 Å². The van der Waals surface area contributed by atoms with Gasteiger partial charge in [-0.05, 0) is 57.8 Å². The van der Waals surface area contributed by atoms with Gasteiger partial charge in [0.25, 0.3) is 0 Å². The predicted octanol–water partition coefficient (Wildman–Crippen LogP) is 5.00. The molecule has 1 unspecified atom stereocenters. The number of ether oxygens (including phenoxy) is 1. The fourth-order valence-corrected chi connectivity index (χ4v) is 3.67. The van der Waals surface area contributed by atoms with Gasteiger partial charge >= 0.3 is 5.92 Å². The van der Waals surface area contributed by atoms with Crippen molar-refractivity contribution in [2.24, 2.45) is 5.41 Å². The number of rotatable bonds is 10. The van der Waals surface area contributed by atoms with Crippen LogP contribution in [0.5, 0.6) is 5.75 Å². The van der Waals surface area contributed by atoms with Gasteiger partial charge in [-0.15, -0.1) is 5.10 Å². The van der Waals surface area contributed by atoms with Gasteiger partial charge < -0.3 is 9.84 Å².